The summed E-state index contributed by atoms with van der Waals surface area (Å²) in [5, 5.41) is 0. The van der Waals surface area contributed by atoms with Crippen molar-refractivity contribution < 1.29 is 8.42 Å². The van der Waals surface area contributed by atoms with E-state index in [0.717, 1.165) is 12.8 Å². The molecule has 0 aromatic carbocycles. The predicted molar refractivity (Wildman–Crippen MR) is 44.8 cm³/mol. The molecule has 1 aliphatic rings. The molecule has 0 radical (unpaired) electrons. The fourth-order valence-corrected chi connectivity index (χ4v) is 2.39. The molecule has 1 saturated carbocycles. The zero-order valence-electron chi connectivity index (χ0n) is 6.58. The monoisotopic (exact) mass is 175 g/mol. The summed E-state index contributed by atoms with van der Waals surface area (Å²) in [5.74, 6) is 0. The molecule has 11 heavy (non-hydrogen) atoms. The summed E-state index contributed by atoms with van der Waals surface area (Å²) < 4.78 is 21.8. The van der Waals surface area contributed by atoms with Crippen molar-refractivity contribution in [2.45, 2.75) is 24.0 Å². The van der Waals surface area contributed by atoms with E-state index in [1.807, 2.05) is 0 Å². The molecule has 0 bridgehead atoms. The molecule has 0 saturated heterocycles. The average Bonchev–Trinajstić information content (AvgIpc) is 2.61. The highest BCUT2D eigenvalue weighted by molar-refractivity contribution is 7.92. The van der Waals surface area contributed by atoms with Gasteiger partial charge in [-0.25, -0.2) is 8.42 Å². The lowest BCUT2D eigenvalue weighted by molar-refractivity contribution is 0.583. The number of hydrogen-bond donors (Lipinski definition) is 1. The maximum absolute atomic E-state index is 11.1. The van der Waals surface area contributed by atoms with Crippen LogP contribution in [0.3, 0.4) is 0 Å². The van der Waals surface area contributed by atoms with Gasteiger partial charge in [-0.1, -0.05) is 6.08 Å². The van der Waals surface area contributed by atoms with Crippen LogP contribution in [0, 0.1) is 0 Å². The summed E-state index contributed by atoms with van der Waals surface area (Å²) >= 11 is 0. The molecule has 0 spiro atoms. The third-order valence-corrected chi connectivity index (χ3v) is 4.37. The summed E-state index contributed by atoms with van der Waals surface area (Å²) in [4.78, 5) is 0. The van der Waals surface area contributed by atoms with Crippen molar-refractivity contribution in [1.82, 2.24) is 0 Å². The minimum Gasteiger partial charge on any atom is -0.405 e. The normalized spacial score (nSPS) is 22.3. The van der Waals surface area contributed by atoms with Crippen LogP contribution in [0.4, 0.5) is 0 Å². The molecule has 0 atom stereocenters. The van der Waals surface area contributed by atoms with Crippen molar-refractivity contribution in [3.63, 3.8) is 0 Å². The van der Waals surface area contributed by atoms with Crippen LogP contribution >= 0.6 is 0 Å². The largest absolute Gasteiger partial charge is 0.405 e. The minimum absolute atomic E-state index is 0.455. The third kappa shape index (κ3) is 1.56. The minimum atomic E-state index is -2.87. The molecule has 64 valence electrons. The maximum Gasteiger partial charge on any atom is 0.153 e. The number of nitrogens with two attached hydrogens (primary N) is 1. The van der Waals surface area contributed by atoms with Gasteiger partial charge >= 0.3 is 0 Å². The number of allylic oxidation sites excluding steroid dienone is 1. The molecule has 0 unspecified atom stereocenters. The van der Waals surface area contributed by atoms with E-state index < -0.39 is 14.6 Å². The molecule has 4 heteroatoms. The van der Waals surface area contributed by atoms with E-state index in [2.05, 4.69) is 0 Å². The lowest BCUT2D eigenvalue weighted by Gasteiger charge is -2.08. The van der Waals surface area contributed by atoms with Crippen molar-refractivity contribution in [3.8, 4) is 0 Å². The van der Waals surface area contributed by atoms with Crippen LogP contribution in [0.15, 0.2) is 12.3 Å². The second-order valence-electron chi connectivity index (χ2n) is 3.09. The highest BCUT2D eigenvalue weighted by Crippen LogP contribution is 2.46. The highest BCUT2D eigenvalue weighted by Gasteiger charge is 2.50. The zero-order chi connectivity index (χ0) is 8.54. The first-order valence-corrected chi connectivity index (χ1v) is 5.47. The predicted octanol–water partition coefficient (Wildman–Crippen LogP) is 0.426. The molecule has 0 heterocycles. The smallest absolute Gasteiger partial charge is 0.153 e. The van der Waals surface area contributed by atoms with Gasteiger partial charge in [0, 0.05) is 6.26 Å². The van der Waals surface area contributed by atoms with Gasteiger partial charge in [-0.3, -0.25) is 0 Å². The Hall–Kier alpha value is -0.510. The van der Waals surface area contributed by atoms with Crippen LogP contribution in [0.25, 0.3) is 0 Å². The van der Waals surface area contributed by atoms with Gasteiger partial charge in [0.05, 0.1) is 4.75 Å². The molecule has 2 N–H and O–H groups in total. The van der Waals surface area contributed by atoms with E-state index in [4.69, 9.17) is 5.73 Å². The van der Waals surface area contributed by atoms with Gasteiger partial charge in [-0.2, -0.15) is 0 Å². The SMILES string of the molecule is CS(=O)(=O)C1(C/C=C\N)CC1. The van der Waals surface area contributed by atoms with Crippen LogP contribution in [0.1, 0.15) is 19.3 Å². The maximum atomic E-state index is 11.1. The van der Waals surface area contributed by atoms with Crippen LogP contribution in [-0.2, 0) is 9.84 Å². The lowest BCUT2D eigenvalue weighted by atomic mass is 10.3. The topological polar surface area (TPSA) is 60.2 Å². The van der Waals surface area contributed by atoms with E-state index in [1.165, 1.54) is 12.5 Å². The molecule has 1 aliphatic carbocycles. The molecule has 1 fully saturated rings. The molecular weight excluding hydrogens is 162 g/mol. The Morgan fingerprint density at radius 2 is 2.09 bits per heavy atom. The Bertz CT molecular complexity index is 262. The Labute approximate surface area is 67.2 Å². The molecular formula is C7H13NO2S. The summed E-state index contributed by atoms with van der Waals surface area (Å²) in [6.07, 6.45) is 6.57. The number of rotatable bonds is 3. The van der Waals surface area contributed by atoms with Crippen LogP contribution < -0.4 is 5.73 Å². The van der Waals surface area contributed by atoms with Crippen molar-refractivity contribution in [1.29, 1.82) is 0 Å². The van der Waals surface area contributed by atoms with Crippen LogP contribution in [0.2, 0.25) is 0 Å². The first kappa shape index (κ1) is 8.59. The van der Waals surface area contributed by atoms with Crippen molar-refractivity contribution in [2.75, 3.05) is 6.26 Å². The van der Waals surface area contributed by atoms with E-state index in [1.54, 1.807) is 6.08 Å². The molecule has 0 aromatic heterocycles. The quantitative estimate of drug-likeness (QED) is 0.676. The zero-order valence-corrected chi connectivity index (χ0v) is 7.39. The molecule has 0 aromatic rings. The second-order valence-corrected chi connectivity index (χ2v) is 5.50. The van der Waals surface area contributed by atoms with Crippen molar-refractivity contribution in [2.24, 2.45) is 5.73 Å². The number of sulfone groups is 1. The summed E-state index contributed by atoms with van der Waals surface area (Å²) in [6, 6.07) is 0. The molecule has 0 amide bonds. The molecule has 0 aliphatic heterocycles. The number of hydrogen-bond acceptors (Lipinski definition) is 3. The fourth-order valence-electron chi connectivity index (χ4n) is 1.15. The van der Waals surface area contributed by atoms with E-state index in [9.17, 15) is 8.42 Å². The molecule has 1 rings (SSSR count). The first-order valence-electron chi connectivity index (χ1n) is 3.58. The average molecular weight is 175 g/mol. The van der Waals surface area contributed by atoms with Crippen LogP contribution in [0.5, 0.6) is 0 Å². The van der Waals surface area contributed by atoms with Gasteiger partial charge in [0.1, 0.15) is 0 Å². The standard InChI is InChI=1S/C7H13NO2S/c1-11(9,10)7(4-5-7)3-2-6-8/h2,6H,3-5,8H2,1H3/b6-2-. The van der Waals surface area contributed by atoms with Crippen LogP contribution in [-0.4, -0.2) is 19.4 Å². The summed E-state index contributed by atoms with van der Waals surface area (Å²) in [6.45, 7) is 0. The van der Waals surface area contributed by atoms with E-state index in [0.29, 0.717) is 6.42 Å². The first-order chi connectivity index (χ1) is 5.02. The Morgan fingerprint density at radius 1 is 1.55 bits per heavy atom. The van der Waals surface area contributed by atoms with Gasteiger partial charge in [-0.05, 0) is 25.5 Å². The van der Waals surface area contributed by atoms with Gasteiger partial charge in [-0.15, -0.1) is 0 Å². The van der Waals surface area contributed by atoms with E-state index in [-0.39, 0.29) is 0 Å². The van der Waals surface area contributed by atoms with Gasteiger partial charge in [0.2, 0.25) is 0 Å². The van der Waals surface area contributed by atoms with E-state index >= 15 is 0 Å². The van der Waals surface area contributed by atoms with Gasteiger partial charge < -0.3 is 5.73 Å². The Kier molecular flexibility index (Phi) is 1.96. The van der Waals surface area contributed by atoms with Crippen molar-refractivity contribution in [3.05, 3.63) is 12.3 Å². The Balaban J connectivity index is 2.70. The molecule has 3 nitrogen and oxygen atoms in total. The summed E-state index contributed by atoms with van der Waals surface area (Å²) in [7, 11) is -2.87. The van der Waals surface area contributed by atoms with Crippen molar-refractivity contribution >= 4 is 9.84 Å². The summed E-state index contributed by atoms with van der Waals surface area (Å²) in [5.41, 5.74) is 5.13. The van der Waals surface area contributed by atoms with Gasteiger partial charge in [0.25, 0.3) is 0 Å². The highest BCUT2D eigenvalue weighted by atomic mass is 32.2. The Morgan fingerprint density at radius 3 is 2.36 bits per heavy atom. The second kappa shape index (κ2) is 2.52. The van der Waals surface area contributed by atoms with Gasteiger partial charge in [0.15, 0.2) is 9.84 Å². The fraction of sp³-hybridized carbons (Fsp3) is 0.714. The lowest BCUT2D eigenvalue weighted by Crippen LogP contribution is -2.20. The third-order valence-electron chi connectivity index (χ3n) is 2.22.